The van der Waals surface area contributed by atoms with Crippen molar-refractivity contribution >= 4 is 23.2 Å². The molecule has 0 amide bonds. The number of hydrogen-bond donors (Lipinski definition) is 0. The van der Waals surface area contributed by atoms with Crippen molar-refractivity contribution in [1.82, 2.24) is 0 Å². The first kappa shape index (κ1) is 17.2. The van der Waals surface area contributed by atoms with Gasteiger partial charge in [0.15, 0.2) is 11.6 Å². The molecule has 0 aliphatic rings. The van der Waals surface area contributed by atoms with Gasteiger partial charge in [0, 0.05) is 21.6 Å². The minimum atomic E-state index is -0.426. The number of carbonyl (C=O) groups excluding carboxylic acids is 2. The van der Waals surface area contributed by atoms with Gasteiger partial charge in [0.05, 0.1) is 0 Å². The fourth-order valence-corrected chi connectivity index (χ4v) is 1.96. The first-order chi connectivity index (χ1) is 10.8. The van der Waals surface area contributed by atoms with E-state index in [2.05, 4.69) is 0 Å². The standard InChI is InChI=1S/C19H19ClO3/c1-19(2,3)17(21)12-23-16-10-6-14(7-11-16)18(22)13-4-8-15(20)9-5-13/h4-11H,12H2,1-3H3. The smallest absolute Gasteiger partial charge is 0.193 e. The molecule has 2 aromatic carbocycles. The van der Waals surface area contributed by atoms with Crippen molar-refractivity contribution < 1.29 is 14.3 Å². The molecule has 0 unspecified atom stereocenters. The average molecular weight is 331 g/mol. The summed E-state index contributed by atoms with van der Waals surface area (Å²) >= 11 is 5.82. The summed E-state index contributed by atoms with van der Waals surface area (Å²) < 4.78 is 5.47. The van der Waals surface area contributed by atoms with E-state index in [0.717, 1.165) is 0 Å². The van der Waals surface area contributed by atoms with Crippen molar-refractivity contribution in [2.24, 2.45) is 5.41 Å². The van der Waals surface area contributed by atoms with Gasteiger partial charge in [0.2, 0.25) is 0 Å². The number of Topliss-reactive ketones (excluding diaryl/α,β-unsaturated/α-hetero) is 1. The molecule has 0 aliphatic carbocycles. The summed E-state index contributed by atoms with van der Waals surface area (Å²) in [5.74, 6) is 0.507. The van der Waals surface area contributed by atoms with Gasteiger partial charge in [-0.3, -0.25) is 9.59 Å². The van der Waals surface area contributed by atoms with Crippen LogP contribution in [0.25, 0.3) is 0 Å². The van der Waals surface area contributed by atoms with Gasteiger partial charge in [-0.15, -0.1) is 0 Å². The Labute approximate surface area is 141 Å². The fraction of sp³-hybridized carbons (Fsp3) is 0.263. The Morgan fingerprint density at radius 2 is 1.39 bits per heavy atom. The molecule has 0 fully saturated rings. The zero-order valence-corrected chi connectivity index (χ0v) is 14.2. The van der Waals surface area contributed by atoms with Crippen molar-refractivity contribution in [3.8, 4) is 5.75 Å². The lowest BCUT2D eigenvalue weighted by atomic mass is 9.91. The Kier molecular flexibility index (Phi) is 5.22. The third-order valence-corrected chi connectivity index (χ3v) is 3.68. The van der Waals surface area contributed by atoms with Crippen LogP contribution in [-0.4, -0.2) is 18.2 Å². The first-order valence-electron chi connectivity index (χ1n) is 7.34. The van der Waals surface area contributed by atoms with Gasteiger partial charge >= 0.3 is 0 Å². The molecular weight excluding hydrogens is 312 g/mol. The zero-order valence-electron chi connectivity index (χ0n) is 13.4. The number of benzene rings is 2. The van der Waals surface area contributed by atoms with Crippen LogP contribution in [0.3, 0.4) is 0 Å². The molecular formula is C19H19ClO3. The topological polar surface area (TPSA) is 43.4 Å². The SMILES string of the molecule is CC(C)(C)C(=O)COc1ccc(C(=O)c2ccc(Cl)cc2)cc1. The van der Waals surface area contributed by atoms with Crippen molar-refractivity contribution in [3.05, 3.63) is 64.7 Å². The summed E-state index contributed by atoms with van der Waals surface area (Å²) in [6.45, 7) is 5.58. The largest absolute Gasteiger partial charge is 0.486 e. The molecule has 0 aromatic heterocycles. The summed E-state index contributed by atoms with van der Waals surface area (Å²) in [6, 6.07) is 13.5. The quantitative estimate of drug-likeness (QED) is 0.754. The highest BCUT2D eigenvalue weighted by molar-refractivity contribution is 6.30. The van der Waals surface area contributed by atoms with Gasteiger partial charge in [-0.25, -0.2) is 0 Å². The molecule has 0 saturated heterocycles. The van der Waals surface area contributed by atoms with E-state index < -0.39 is 5.41 Å². The van der Waals surface area contributed by atoms with E-state index in [9.17, 15) is 9.59 Å². The maximum Gasteiger partial charge on any atom is 0.193 e. The second-order valence-corrected chi connectivity index (χ2v) is 6.76. The second-order valence-electron chi connectivity index (χ2n) is 6.32. The minimum absolute atomic E-state index is 0.0218. The van der Waals surface area contributed by atoms with E-state index in [1.54, 1.807) is 48.5 Å². The fourth-order valence-electron chi connectivity index (χ4n) is 1.84. The summed E-state index contributed by atoms with van der Waals surface area (Å²) in [4.78, 5) is 24.2. The van der Waals surface area contributed by atoms with Crippen LogP contribution >= 0.6 is 11.6 Å². The molecule has 2 aromatic rings. The Balaban J connectivity index is 2.03. The number of rotatable bonds is 5. The lowest BCUT2D eigenvalue weighted by Crippen LogP contribution is -2.26. The van der Waals surface area contributed by atoms with Crippen molar-refractivity contribution in [2.75, 3.05) is 6.61 Å². The predicted molar refractivity (Wildman–Crippen MR) is 91.3 cm³/mol. The molecule has 0 radical (unpaired) electrons. The highest BCUT2D eigenvalue weighted by Crippen LogP contribution is 2.19. The Morgan fingerprint density at radius 3 is 1.87 bits per heavy atom. The molecule has 0 aliphatic heterocycles. The van der Waals surface area contributed by atoms with Gasteiger partial charge < -0.3 is 4.74 Å². The molecule has 0 spiro atoms. The number of ether oxygens (including phenoxy) is 1. The molecule has 0 heterocycles. The van der Waals surface area contributed by atoms with Crippen LogP contribution in [0, 0.1) is 5.41 Å². The number of carbonyl (C=O) groups is 2. The zero-order chi connectivity index (χ0) is 17.0. The molecule has 3 nitrogen and oxygen atoms in total. The van der Waals surface area contributed by atoms with Crippen molar-refractivity contribution in [3.63, 3.8) is 0 Å². The third-order valence-electron chi connectivity index (χ3n) is 3.43. The Hall–Kier alpha value is -2.13. The lowest BCUT2D eigenvalue weighted by molar-refractivity contribution is -0.128. The van der Waals surface area contributed by atoms with Crippen LogP contribution < -0.4 is 4.74 Å². The molecule has 0 saturated carbocycles. The molecule has 2 rings (SSSR count). The van der Waals surface area contributed by atoms with Gasteiger partial charge in [0.1, 0.15) is 12.4 Å². The molecule has 4 heteroatoms. The molecule has 120 valence electrons. The van der Waals surface area contributed by atoms with Gasteiger partial charge in [-0.05, 0) is 48.5 Å². The van der Waals surface area contributed by atoms with Crippen LogP contribution in [0.5, 0.6) is 5.75 Å². The summed E-state index contributed by atoms with van der Waals surface area (Å²) in [7, 11) is 0. The summed E-state index contributed by atoms with van der Waals surface area (Å²) in [5, 5.41) is 0.591. The minimum Gasteiger partial charge on any atom is -0.486 e. The molecule has 0 N–H and O–H groups in total. The van der Waals surface area contributed by atoms with Crippen LogP contribution in [0.15, 0.2) is 48.5 Å². The van der Waals surface area contributed by atoms with E-state index in [1.807, 2.05) is 20.8 Å². The van der Waals surface area contributed by atoms with Gasteiger partial charge in [-0.1, -0.05) is 32.4 Å². The van der Waals surface area contributed by atoms with Crippen molar-refractivity contribution in [2.45, 2.75) is 20.8 Å². The van der Waals surface area contributed by atoms with Crippen molar-refractivity contribution in [1.29, 1.82) is 0 Å². The normalized spacial score (nSPS) is 11.1. The maximum absolute atomic E-state index is 12.3. The maximum atomic E-state index is 12.3. The summed E-state index contributed by atoms with van der Waals surface area (Å²) in [6.07, 6.45) is 0. The monoisotopic (exact) mass is 330 g/mol. The van der Waals surface area contributed by atoms with E-state index >= 15 is 0 Å². The number of ketones is 2. The molecule has 0 bridgehead atoms. The van der Waals surface area contributed by atoms with Gasteiger partial charge in [-0.2, -0.15) is 0 Å². The second kappa shape index (κ2) is 6.97. The van der Waals surface area contributed by atoms with Crippen LogP contribution in [0.2, 0.25) is 5.02 Å². The van der Waals surface area contributed by atoms with Crippen LogP contribution in [-0.2, 0) is 4.79 Å². The van der Waals surface area contributed by atoms with Gasteiger partial charge in [0.25, 0.3) is 0 Å². The Morgan fingerprint density at radius 1 is 0.913 bits per heavy atom. The van der Waals surface area contributed by atoms with Crippen LogP contribution in [0.1, 0.15) is 36.7 Å². The average Bonchev–Trinajstić information content (AvgIpc) is 2.52. The highest BCUT2D eigenvalue weighted by atomic mass is 35.5. The lowest BCUT2D eigenvalue weighted by Gasteiger charge is -2.16. The van der Waals surface area contributed by atoms with E-state index in [0.29, 0.717) is 21.9 Å². The predicted octanol–water partition coefficient (Wildman–Crippen LogP) is 4.57. The van der Waals surface area contributed by atoms with E-state index in [4.69, 9.17) is 16.3 Å². The molecule has 23 heavy (non-hydrogen) atoms. The highest BCUT2D eigenvalue weighted by Gasteiger charge is 2.21. The Bertz CT molecular complexity index is 695. The van der Waals surface area contributed by atoms with E-state index in [1.165, 1.54) is 0 Å². The first-order valence-corrected chi connectivity index (χ1v) is 7.71. The third kappa shape index (κ3) is 4.67. The summed E-state index contributed by atoms with van der Waals surface area (Å²) in [5.41, 5.74) is 0.706. The van der Waals surface area contributed by atoms with E-state index in [-0.39, 0.29) is 18.2 Å². The number of halogens is 1. The molecule has 0 atom stereocenters. The number of hydrogen-bond acceptors (Lipinski definition) is 3. The van der Waals surface area contributed by atoms with Crippen LogP contribution in [0.4, 0.5) is 0 Å².